The maximum Gasteiger partial charge on any atom is 0.144 e. The van der Waals surface area contributed by atoms with Crippen LogP contribution in [0.1, 0.15) is 24.0 Å². The Hall–Kier alpha value is -1.12. The Morgan fingerprint density at radius 2 is 1.89 bits per heavy atom. The SMILES string of the molecule is CC(C(=O)Cc1ccc(Br)cc1Cl)c1ccccc1. The first kappa shape index (κ1) is 14.3. The Labute approximate surface area is 126 Å². The molecule has 1 unspecified atom stereocenters. The summed E-state index contributed by atoms with van der Waals surface area (Å²) >= 11 is 9.50. The summed E-state index contributed by atoms with van der Waals surface area (Å²) < 4.78 is 0.921. The fourth-order valence-electron chi connectivity index (χ4n) is 1.93. The first-order chi connectivity index (χ1) is 9.08. The monoisotopic (exact) mass is 336 g/mol. The first-order valence-electron chi connectivity index (χ1n) is 6.09. The predicted molar refractivity (Wildman–Crippen MR) is 82.7 cm³/mol. The number of hydrogen-bond donors (Lipinski definition) is 0. The summed E-state index contributed by atoms with van der Waals surface area (Å²) in [6.07, 6.45) is 0.363. The number of Topliss-reactive ketones (excluding diaryl/α,β-unsaturated/α-hetero) is 1. The molecule has 0 bridgehead atoms. The first-order valence-corrected chi connectivity index (χ1v) is 7.26. The Balaban J connectivity index is 2.13. The van der Waals surface area contributed by atoms with Crippen LogP contribution in [-0.4, -0.2) is 5.78 Å². The second-order valence-electron chi connectivity index (χ2n) is 4.51. The van der Waals surface area contributed by atoms with Crippen molar-refractivity contribution >= 4 is 33.3 Å². The summed E-state index contributed by atoms with van der Waals surface area (Å²) in [5.41, 5.74) is 1.92. The molecule has 0 fully saturated rings. The lowest BCUT2D eigenvalue weighted by Gasteiger charge is -2.11. The Morgan fingerprint density at radius 1 is 1.21 bits per heavy atom. The van der Waals surface area contributed by atoms with Gasteiger partial charge in [0.25, 0.3) is 0 Å². The lowest BCUT2D eigenvalue weighted by atomic mass is 9.93. The highest BCUT2D eigenvalue weighted by Crippen LogP contribution is 2.24. The topological polar surface area (TPSA) is 17.1 Å². The standard InChI is InChI=1S/C16H14BrClO/c1-11(12-5-3-2-4-6-12)16(19)9-13-7-8-14(17)10-15(13)18/h2-8,10-11H,9H2,1H3. The molecule has 0 heterocycles. The van der Waals surface area contributed by atoms with Gasteiger partial charge in [0, 0.05) is 21.8 Å². The number of hydrogen-bond acceptors (Lipinski definition) is 1. The van der Waals surface area contributed by atoms with E-state index in [1.165, 1.54) is 0 Å². The molecular weight excluding hydrogens is 324 g/mol. The normalized spacial score (nSPS) is 12.2. The highest BCUT2D eigenvalue weighted by Gasteiger charge is 2.16. The van der Waals surface area contributed by atoms with E-state index in [-0.39, 0.29) is 11.7 Å². The number of ketones is 1. The van der Waals surface area contributed by atoms with Gasteiger partial charge in [-0.25, -0.2) is 0 Å². The lowest BCUT2D eigenvalue weighted by molar-refractivity contribution is -0.119. The third-order valence-corrected chi connectivity index (χ3v) is 4.01. The molecule has 0 aromatic heterocycles. The zero-order chi connectivity index (χ0) is 13.8. The summed E-state index contributed by atoms with van der Waals surface area (Å²) in [6.45, 7) is 1.93. The van der Waals surface area contributed by atoms with E-state index in [4.69, 9.17) is 11.6 Å². The zero-order valence-corrected chi connectivity index (χ0v) is 12.9. The molecule has 0 aliphatic heterocycles. The summed E-state index contributed by atoms with van der Waals surface area (Å²) in [6, 6.07) is 15.4. The van der Waals surface area contributed by atoms with Crippen LogP contribution in [0.15, 0.2) is 53.0 Å². The van der Waals surface area contributed by atoms with E-state index >= 15 is 0 Å². The van der Waals surface area contributed by atoms with Crippen LogP contribution in [0.25, 0.3) is 0 Å². The Kier molecular flexibility index (Phi) is 4.78. The van der Waals surface area contributed by atoms with Crippen molar-refractivity contribution in [3.8, 4) is 0 Å². The molecule has 2 aromatic carbocycles. The minimum atomic E-state index is -0.110. The van der Waals surface area contributed by atoms with E-state index in [0.29, 0.717) is 11.4 Å². The van der Waals surface area contributed by atoms with Crippen molar-refractivity contribution in [1.29, 1.82) is 0 Å². The fraction of sp³-hybridized carbons (Fsp3) is 0.188. The maximum absolute atomic E-state index is 12.3. The van der Waals surface area contributed by atoms with Crippen LogP contribution in [0.3, 0.4) is 0 Å². The van der Waals surface area contributed by atoms with Gasteiger partial charge in [-0.3, -0.25) is 4.79 Å². The van der Waals surface area contributed by atoms with E-state index in [9.17, 15) is 4.79 Å². The van der Waals surface area contributed by atoms with E-state index in [1.807, 2.05) is 55.5 Å². The van der Waals surface area contributed by atoms with Gasteiger partial charge in [-0.15, -0.1) is 0 Å². The van der Waals surface area contributed by atoms with Crippen molar-refractivity contribution < 1.29 is 4.79 Å². The molecule has 0 N–H and O–H groups in total. The van der Waals surface area contributed by atoms with Crippen molar-refractivity contribution in [2.24, 2.45) is 0 Å². The highest BCUT2D eigenvalue weighted by atomic mass is 79.9. The largest absolute Gasteiger partial charge is 0.299 e. The summed E-state index contributed by atoms with van der Waals surface area (Å²) in [7, 11) is 0. The van der Waals surface area contributed by atoms with Crippen LogP contribution in [-0.2, 0) is 11.2 Å². The molecule has 1 atom stereocenters. The van der Waals surface area contributed by atoms with Crippen LogP contribution in [0, 0.1) is 0 Å². The van der Waals surface area contributed by atoms with E-state index < -0.39 is 0 Å². The van der Waals surface area contributed by atoms with Crippen molar-refractivity contribution in [3.05, 3.63) is 69.2 Å². The lowest BCUT2D eigenvalue weighted by Crippen LogP contribution is -2.12. The van der Waals surface area contributed by atoms with Crippen LogP contribution in [0.2, 0.25) is 5.02 Å². The van der Waals surface area contributed by atoms with Gasteiger partial charge in [0.2, 0.25) is 0 Å². The summed E-state index contributed by atoms with van der Waals surface area (Å²) in [5.74, 6) is 0.0661. The number of carbonyl (C=O) groups is 1. The minimum absolute atomic E-state index is 0.110. The van der Waals surface area contributed by atoms with Gasteiger partial charge >= 0.3 is 0 Å². The molecule has 0 aliphatic carbocycles. The molecule has 2 rings (SSSR count). The van der Waals surface area contributed by atoms with E-state index in [2.05, 4.69) is 15.9 Å². The average Bonchev–Trinajstić information content (AvgIpc) is 2.42. The van der Waals surface area contributed by atoms with Crippen molar-refractivity contribution in [3.63, 3.8) is 0 Å². The molecule has 0 aliphatic rings. The van der Waals surface area contributed by atoms with Crippen molar-refractivity contribution in [2.45, 2.75) is 19.3 Å². The molecular formula is C16H14BrClO. The average molecular weight is 338 g/mol. The van der Waals surface area contributed by atoms with Crippen LogP contribution in [0.4, 0.5) is 0 Å². The molecule has 98 valence electrons. The fourth-order valence-corrected chi connectivity index (χ4v) is 2.67. The molecule has 0 saturated heterocycles. The van der Waals surface area contributed by atoms with Gasteiger partial charge < -0.3 is 0 Å². The van der Waals surface area contributed by atoms with Crippen LogP contribution < -0.4 is 0 Å². The molecule has 2 aromatic rings. The summed E-state index contributed by atoms with van der Waals surface area (Å²) in [5, 5.41) is 0.628. The van der Waals surface area contributed by atoms with Gasteiger partial charge in [0.1, 0.15) is 5.78 Å². The number of rotatable bonds is 4. The minimum Gasteiger partial charge on any atom is -0.299 e. The maximum atomic E-state index is 12.3. The van der Waals surface area contributed by atoms with Crippen LogP contribution >= 0.6 is 27.5 Å². The second-order valence-corrected chi connectivity index (χ2v) is 5.83. The third kappa shape index (κ3) is 3.68. The van der Waals surface area contributed by atoms with Gasteiger partial charge in [-0.05, 0) is 23.3 Å². The highest BCUT2D eigenvalue weighted by molar-refractivity contribution is 9.10. The number of halogens is 2. The molecule has 0 spiro atoms. The Bertz CT molecular complexity index is 581. The summed E-state index contributed by atoms with van der Waals surface area (Å²) in [4.78, 5) is 12.3. The van der Waals surface area contributed by atoms with Gasteiger partial charge in [-0.2, -0.15) is 0 Å². The third-order valence-electron chi connectivity index (χ3n) is 3.16. The van der Waals surface area contributed by atoms with E-state index in [1.54, 1.807) is 0 Å². The number of benzene rings is 2. The van der Waals surface area contributed by atoms with Crippen molar-refractivity contribution in [2.75, 3.05) is 0 Å². The quantitative estimate of drug-likeness (QED) is 0.766. The molecule has 0 radical (unpaired) electrons. The zero-order valence-electron chi connectivity index (χ0n) is 10.6. The second kappa shape index (κ2) is 6.36. The molecule has 3 heteroatoms. The van der Waals surface area contributed by atoms with Crippen LogP contribution in [0.5, 0.6) is 0 Å². The molecule has 19 heavy (non-hydrogen) atoms. The smallest absolute Gasteiger partial charge is 0.144 e. The molecule has 0 amide bonds. The van der Waals surface area contributed by atoms with E-state index in [0.717, 1.165) is 15.6 Å². The van der Waals surface area contributed by atoms with Crippen molar-refractivity contribution in [1.82, 2.24) is 0 Å². The van der Waals surface area contributed by atoms with Gasteiger partial charge in [0.15, 0.2) is 0 Å². The molecule has 0 saturated carbocycles. The van der Waals surface area contributed by atoms with Gasteiger partial charge in [-0.1, -0.05) is 70.9 Å². The Morgan fingerprint density at radius 3 is 2.53 bits per heavy atom. The predicted octanol–water partition coefficient (Wildman–Crippen LogP) is 5.02. The number of carbonyl (C=O) groups excluding carboxylic acids is 1. The molecule has 1 nitrogen and oxygen atoms in total. The van der Waals surface area contributed by atoms with Gasteiger partial charge in [0.05, 0.1) is 0 Å².